The average molecular weight is 297 g/mol. The fraction of sp³-hybridized carbons (Fsp3) is 0.167. The first-order valence-electron chi connectivity index (χ1n) is 5.60. The molecule has 0 radical (unpaired) electrons. The van der Waals surface area contributed by atoms with Gasteiger partial charge in [0, 0.05) is 5.69 Å². The summed E-state index contributed by atoms with van der Waals surface area (Å²) in [6.45, 7) is 3.19. The number of aryl methyl sites for hydroxylation is 2. The number of nitrogens with zero attached hydrogens (tertiary/aromatic N) is 3. The number of hydrogen-bond acceptors (Lipinski definition) is 5. The van der Waals surface area contributed by atoms with Gasteiger partial charge in [-0.1, -0.05) is 6.07 Å². The maximum atomic E-state index is 13.2. The first-order chi connectivity index (χ1) is 9.38. The van der Waals surface area contributed by atoms with E-state index in [0.29, 0.717) is 11.3 Å². The minimum absolute atomic E-state index is 0.0683. The lowest BCUT2D eigenvalue weighted by Gasteiger charge is -2.10. The van der Waals surface area contributed by atoms with E-state index in [4.69, 9.17) is 11.6 Å². The molecule has 1 heterocycles. The summed E-state index contributed by atoms with van der Waals surface area (Å²) in [5.41, 5.74) is 0.931. The van der Waals surface area contributed by atoms with E-state index in [1.54, 1.807) is 13.0 Å². The third kappa shape index (κ3) is 2.83. The van der Waals surface area contributed by atoms with Gasteiger partial charge in [0.1, 0.15) is 11.5 Å². The van der Waals surface area contributed by atoms with Crippen LogP contribution in [0.2, 0.25) is 5.28 Å². The van der Waals surface area contributed by atoms with Crippen molar-refractivity contribution in [3.8, 4) is 0 Å². The zero-order chi connectivity index (χ0) is 14.9. The molecular weight excluding hydrogens is 287 g/mol. The number of anilines is 2. The quantitative estimate of drug-likeness (QED) is 0.532. The van der Waals surface area contributed by atoms with Gasteiger partial charge in [0.25, 0.3) is 0 Å². The molecule has 0 aliphatic carbocycles. The van der Waals surface area contributed by atoms with E-state index in [0.717, 1.165) is 0 Å². The fourth-order valence-corrected chi connectivity index (χ4v) is 1.91. The summed E-state index contributed by atoms with van der Waals surface area (Å²) in [4.78, 5) is 18.0. The van der Waals surface area contributed by atoms with Gasteiger partial charge in [0.05, 0.1) is 4.92 Å². The second kappa shape index (κ2) is 5.38. The van der Waals surface area contributed by atoms with Crippen LogP contribution in [0.1, 0.15) is 11.3 Å². The molecular formula is C12H10ClFN4O2. The molecule has 104 valence electrons. The summed E-state index contributed by atoms with van der Waals surface area (Å²) in [5, 5.41) is 13.7. The zero-order valence-electron chi connectivity index (χ0n) is 10.6. The standard InChI is InChI=1S/C12H10ClFN4O2/c1-6-3-4-8(14)5-9(6)16-11-10(18(19)20)7(2)15-12(13)17-11/h3-5H,1-2H3,(H,15,16,17). The van der Waals surface area contributed by atoms with Crippen LogP contribution in [-0.2, 0) is 0 Å². The highest BCUT2D eigenvalue weighted by Crippen LogP contribution is 2.30. The van der Waals surface area contributed by atoms with E-state index in [1.165, 1.54) is 19.1 Å². The van der Waals surface area contributed by atoms with Gasteiger partial charge in [-0.25, -0.2) is 9.37 Å². The highest BCUT2D eigenvalue weighted by molar-refractivity contribution is 6.28. The highest BCUT2D eigenvalue weighted by atomic mass is 35.5. The summed E-state index contributed by atoms with van der Waals surface area (Å²) in [5.74, 6) is -0.529. The average Bonchev–Trinajstić information content (AvgIpc) is 2.32. The second-order valence-corrected chi connectivity index (χ2v) is 4.45. The number of nitro groups is 1. The van der Waals surface area contributed by atoms with Gasteiger partial charge in [-0.2, -0.15) is 4.98 Å². The minimum Gasteiger partial charge on any atom is -0.334 e. The Balaban J connectivity index is 2.53. The van der Waals surface area contributed by atoms with Gasteiger partial charge in [-0.15, -0.1) is 0 Å². The molecule has 0 saturated heterocycles. The third-order valence-electron chi connectivity index (χ3n) is 2.67. The predicted octanol–water partition coefficient (Wildman–Crippen LogP) is 3.54. The SMILES string of the molecule is Cc1ccc(F)cc1Nc1nc(Cl)nc(C)c1[N+](=O)[O-]. The van der Waals surface area contributed by atoms with Crippen LogP contribution in [0.5, 0.6) is 0 Å². The van der Waals surface area contributed by atoms with Crippen LogP contribution in [0, 0.1) is 29.8 Å². The summed E-state index contributed by atoms with van der Waals surface area (Å²) in [6, 6.07) is 4.08. The molecule has 0 atom stereocenters. The molecule has 0 unspecified atom stereocenters. The maximum absolute atomic E-state index is 13.2. The molecule has 0 amide bonds. The first-order valence-corrected chi connectivity index (χ1v) is 5.98. The fourth-order valence-electron chi connectivity index (χ4n) is 1.70. The molecule has 1 aromatic heterocycles. The number of hydrogen-bond donors (Lipinski definition) is 1. The third-order valence-corrected chi connectivity index (χ3v) is 2.84. The molecule has 0 aliphatic heterocycles. The highest BCUT2D eigenvalue weighted by Gasteiger charge is 2.22. The second-order valence-electron chi connectivity index (χ2n) is 4.12. The number of rotatable bonds is 3. The lowest BCUT2D eigenvalue weighted by atomic mass is 10.2. The van der Waals surface area contributed by atoms with Gasteiger partial charge >= 0.3 is 5.69 Å². The summed E-state index contributed by atoms with van der Waals surface area (Å²) in [6.07, 6.45) is 0. The predicted molar refractivity (Wildman–Crippen MR) is 72.9 cm³/mol. The Morgan fingerprint density at radius 1 is 1.35 bits per heavy atom. The Bertz CT molecular complexity index is 693. The van der Waals surface area contributed by atoms with Crippen molar-refractivity contribution in [3.05, 3.63) is 50.7 Å². The molecule has 1 aromatic carbocycles. The lowest BCUT2D eigenvalue weighted by Crippen LogP contribution is -2.05. The Kier molecular flexibility index (Phi) is 3.80. The molecule has 0 fully saturated rings. The summed E-state index contributed by atoms with van der Waals surface area (Å²) in [7, 11) is 0. The molecule has 2 aromatic rings. The van der Waals surface area contributed by atoms with Gasteiger partial charge in [-0.3, -0.25) is 10.1 Å². The number of nitrogens with one attached hydrogen (secondary N) is 1. The van der Waals surface area contributed by atoms with Crippen molar-refractivity contribution in [2.24, 2.45) is 0 Å². The van der Waals surface area contributed by atoms with E-state index in [-0.39, 0.29) is 22.5 Å². The number of benzene rings is 1. The summed E-state index contributed by atoms with van der Waals surface area (Å²) >= 11 is 5.71. The van der Waals surface area contributed by atoms with Crippen molar-refractivity contribution in [2.75, 3.05) is 5.32 Å². The smallest absolute Gasteiger partial charge is 0.332 e. The van der Waals surface area contributed by atoms with Gasteiger partial charge in [0.2, 0.25) is 11.1 Å². The molecule has 2 rings (SSSR count). The van der Waals surface area contributed by atoms with Crippen molar-refractivity contribution >= 4 is 28.8 Å². The molecule has 0 spiro atoms. The number of aromatic nitrogens is 2. The molecule has 0 saturated carbocycles. The molecule has 6 nitrogen and oxygen atoms in total. The normalized spacial score (nSPS) is 10.4. The van der Waals surface area contributed by atoms with Gasteiger partial charge < -0.3 is 5.32 Å². The van der Waals surface area contributed by atoms with Gasteiger partial charge in [-0.05, 0) is 43.1 Å². The van der Waals surface area contributed by atoms with E-state index < -0.39 is 10.7 Å². The molecule has 1 N–H and O–H groups in total. The Hall–Kier alpha value is -2.28. The van der Waals surface area contributed by atoms with E-state index >= 15 is 0 Å². The monoisotopic (exact) mass is 296 g/mol. The van der Waals surface area contributed by atoms with E-state index in [1.807, 2.05) is 0 Å². The van der Waals surface area contributed by atoms with Crippen molar-refractivity contribution in [1.29, 1.82) is 0 Å². The largest absolute Gasteiger partial charge is 0.334 e. The van der Waals surface area contributed by atoms with Crippen LogP contribution in [0.3, 0.4) is 0 Å². The molecule has 0 bridgehead atoms. The van der Waals surface area contributed by atoms with Gasteiger partial charge in [0.15, 0.2) is 0 Å². The van der Waals surface area contributed by atoms with E-state index in [2.05, 4.69) is 15.3 Å². The van der Waals surface area contributed by atoms with Crippen molar-refractivity contribution < 1.29 is 9.31 Å². The zero-order valence-corrected chi connectivity index (χ0v) is 11.4. The molecule has 0 aliphatic rings. The lowest BCUT2D eigenvalue weighted by molar-refractivity contribution is -0.385. The van der Waals surface area contributed by atoms with Crippen LogP contribution >= 0.6 is 11.6 Å². The van der Waals surface area contributed by atoms with Crippen LogP contribution in [0.15, 0.2) is 18.2 Å². The van der Waals surface area contributed by atoms with Crippen LogP contribution in [0.25, 0.3) is 0 Å². The summed E-state index contributed by atoms with van der Waals surface area (Å²) < 4.78 is 13.2. The molecule has 8 heteroatoms. The maximum Gasteiger partial charge on any atom is 0.332 e. The number of halogens is 2. The topological polar surface area (TPSA) is 81.0 Å². The Morgan fingerprint density at radius 2 is 2.05 bits per heavy atom. The van der Waals surface area contributed by atoms with Crippen molar-refractivity contribution in [2.45, 2.75) is 13.8 Å². The van der Waals surface area contributed by atoms with Crippen LogP contribution in [-0.4, -0.2) is 14.9 Å². The Labute approximate surface area is 118 Å². The minimum atomic E-state index is -0.609. The van der Waals surface area contributed by atoms with Crippen molar-refractivity contribution in [3.63, 3.8) is 0 Å². The van der Waals surface area contributed by atoms with Crippen LogP contribution < -0.4 is 5.32 Å². The van der Waals surface area contributed by atoms with E-state index in [9.17, 15) is 14.5 Å². The van der Waals surface area contributed by atoms with Crippen LogP contribution in [0.4, 0.5) is 21.6 Å². The van der Waals surface area contributed by atoms with Crippen molar-refractivity contribution in [1.82, 2.24) is 9.97 Å². The first kappa shape index (κ1) is 14.1. The Morgan fingerprint density at radius 3 is 2.70 bits per heavy atom. The molecule has 20 heavy (non-hydrogen) atoms.